The lowest BCUT2D eigenvalue weighted by atomic mass is 9.64. The first kappa shape index (κ1) is 42.0. The SMILES string of the molecule is CCCCCCc1cc(CCCCCC)cc(N2c3ccccc3C3(c4cc(C#N)ccc4-c4ccc(C#N)cc43)c3cc(-c4ccc5c(c4)c4ccccc4n5-c4ccccc4)ccc32)c1. The van der Waals surface area contributed by atoms with E-state index in [2.05, 4.69) is 193 Å². The van der Waals surface area contributed by atoms with Crippen LogP contribution in [-0.2, 0) is 18.3 Å². The van der Waals surface area contributed by atoms with Gasteiger partial charge in [-0.05, 0) is 166 Å². The van der Waals surface area contributed by atoms with Gasteiger partial charge >= 0.3 is 0 Å². The van der Waals surface area contributed by atoms with Crippen LogP contribution in [0.2, 0.25) is 0 Å². The Balaban J connectivity index is 1.18. The summed E-state index contributed by atoms with van der Waals surface area (Å²) in [5, 5.41) is 23.4. The van der Waals surface area contributed by atoms with E-state index in [1.165, 1.54) is 84.5 Å². The second-order valence-electron chi connectivity index (χ2n) is 18.6. The molecule has 0 saturated carbocycles. The maximum absolute atomic E-state index is 10.5. The molecule has 1 spiro atoms. The maximum Gasteiger partial charge on any atom is 0.0991 e. The van der Waals surface area contributed by atoms with E-state index in [1.807, 2.05) is 12.1 Å². The van der Waals surface area contributed by atoms with E-state index >= 15 is 0 Å². The molecule has 0 saturated heterocycles. The fourth-order valence-corrected chi connectivity index (χ4v) is 11.5. The van der Waals surface area contributed by atoms with Crippen LogP contribution in [0.4, 0.5) is 17.1 Å². The Kier molecular flexibility index (Phi) is 11.0. The van der Waals surface area contributed by atoms with Crippen molar-refractivity contribution in [3.05, 3.63) is 214 Å². The molecular weight excluding hydrogens is 813 g/mol. The molecule has 0 N–H and O–H groups in total. The molecule has 9 aromatic rings. The molecule has 0 fully saturated rings. The number of hydrogen-bond acceptors (Lipinski definition) is 3. The van der Waals surface area contributed by atoms with E-state index in [9.17, 15) is 10.5 Å². The number of aryl methyl sites for hydroxylation is 2. The van der Waals surface area contributed by atoms with Gasteiger partial charge in [-0.15, -0.1) is 0 Å². The summed E-state index contributed by atoms with van der Waals surface area (Å²) in [5.74, 6) is 0. The lowest BCUT2D eigenvalue weighted by Gasteiger charge is -2.45. The highest BCUT2D eigenvalue weighted by atomic mass is 15.2. The van der Waals surface area contributed by atoms with E-state index in [4.69, 9.17) is 0 Å². The molecule has 2 heterocycles. The zero-order chi connectivity index (χ0) is 45.5. The summed E-state index contributed by atoms with van der Waals surface area (Å²) in [7, 11) is 0. The van der Waals surface area contributed by atoms with Gasteiger partial charge in [-0.3, -0.25) is 0 Å². The van der Waals surface area contributed by atoms with Crippen molar-refractivity contribution < 1.29 is 0 Å². The number of hydrogen-bond donors (Lipinski definition) is 0. The number of aromatic nitrogens is 1. The number of anilines is 3. The molecule has 1 aromatic heterocycles. The second kappa shape index (κ2) is 17.6. The zero-order valence-corrected chi connectivity index (χ0v) is 38.5. The third-order valence-corrected chi connectivity index (χ3v) is 14.5. The zero-order valence-electron chi connectivity index (χ0n) is 38.5. The first-order valence-electron chi connectivity index (χ1n) is 24.4. The molecule has 4 heteroatoms. The highest BCUT2D eigenvalue weighted by Gasteiger charge is 2.52. The minimum Gasteiger partial charge on any atom is -0.310 e. The normalized spacial score (nSPS) is 13.0. The Hall–Kier alpha value is -7.66. The Morgan fingerprint density at radius 1 is 0.433 bits per heavy atom. The minimum atomic E-state index is -0.822. The van der Waals surface area contributed by atoms with E-state index in [1.54, 1.807) is 0 Å². The third-order valence-electron chi connectivity index (χ3n) is 14.5. The first-order chi connectivity index (χ1) is 33.0. The summed E-state index contributed by atoms with van der Waals surface area (Å²) < 4.78 is 2.37. The summed E-state index contributed by atoms with van der Waals surface area (Å²) in [6.07, 6.45) is 11.9. The first-order valence-corrected chi connectivity index (χ1v) is 24.4. The van der Waals surface area contributed by atoms with Crippen LogP contribution in [0.1, 0.15) is 110 Å². The van der Waals surface area contributed by atoms with Gasteiger partial charge in [0.1, 0.15) is 0 Å². The molecule has 1 aliphatic heterocycles. The summed E-state index contributed by atoms with van der Waals surface area (Å²) in [6.45, 7) is 4.56. The highest BCUT2D eigenvalue weighted by Crippen LogP contribution is 2.64. The van der Waals surface area contributed by atoms with Crippen molar-refractivity contribution in [3.8, 4) is 40.1 Å². The van der Waals surface area contributed by atoms with Crippen LogP contribution < -0.4 is 4.90 Å². The van der Waals surface area contributed by atoms with Crippen LogP contribution in [0.5, 0.6) is 0 Å². The molecule has 8 aromatic carbocycles. The molecule has 4 nitrogen and oxygen atoms in total. The number of nitrogens with zero attached hydrogens (tertiary/aromatic N) is 4. The summed E-state index contributed by atoms with van der Waals surface area (Å²) >= 11 is 0. The molecule has 67 heavy (non-hydrogen) atoms. The molecule has 0 amide bonds. The second-order valence-corrected chi connectivity index (χ2v) is 18.6. The fraction of sp³-hybridized carbons (Fsp3) is 0.206. The van der Waals surface area contributed by atoms with Gasteiger partial charge < -0.3 is 9.47 Å². The van der Waals surface area contributed by atoms with Gasteiger partial charge in [-0.1, -0.05) is 137 Å². The number of para-hydroxylation sites is 3. The predicted octanol–water partition coefficient (Wildman–Crippen LogP) is 16.6. The smallest absolute Gasteiger partial charge is 0.0991 e. The van der Waals surface area contributed by atoms with Crippen LogP contribution in [0.3, 0.4) is 0 Å². The molecule has 0 unspecified atom stereocenters. The van der Waals surface area contributed by atoms with Crippen molar-refractivity contribution in [1.82, 2.24) is 4.57 Å². The average Bonchev–Trinajstić information content (AvgIpc) is 3.86. The van der Waals surface area contributed by atoms with Crippen LogP contribution >= 0.6 is 0 Å². The largest absolute Gasteiger partial charge is 0.310 e. The average molecular weight is 867 g/mol. The standard InChI is InChI=1S/C63H54N4/c1-3-5-7-10-18-43-34-44(19-11-8-6-4-2)36-50(35-43)67-61-25-17-15-23-55(61)63(56-37-45(41-64)26-30-51(56)52-31-27-46(42-65)38-57(52)63)58-40-48(29-33-62(58)67)47-28-32-60-54(39-47)53-22-14-16-24-59(53)66(60)49-20-12-9-13-21-49/h9,12-17,20-40H,3-8,10-11,18-19H2,1-2H3. The maximum atomic E-state index is 10.5. The van der Waals surface area contributed by atoms with Crippen molar-refractivity contribution in [1.29, 1.82) is 10.5 Å². The van der Waals surface area contributed by atoms with Crippen molar-refractivity contribution in [2.75, 3.05) is 4.90 Å². The Bertz CT molecular complexity index is 3340. The number of nitriles is 2. The lowest BCUT2D eigenvalue weighted by molar-refractivity contribution is 0.661. The van der Waals surface area contributed by atoms with E-state index in [0.717, 1.165) is 79.9 Å². The van der Waals surface area contributed by atoms with Crippen molar-refractivity contribution in [2.24, 2.45) is 0 Å². The van der Waals surface area contributed by atoms with Gasteiger partial charge in [-0.25, -0.2) is 0 Å². The molecule has 326 valence electrons. The monoisotopic (exact) mass is 866 g/mol. The number of unbranched alkanes of at least 4 members (excludes halogenated alkanes) is 6. The minimum absolute atomic E-state index is 0.618. The van der Waals surface area contributed by atoms with Gasteiger partial charge in [0.25, 0.3) is 0 Å². The van der Waals surface area contributed by atoms with E-state index < -0.39 is 5.41 Å². The summed E-state index contributed by atoms with van der Waals surface area (Å²) in [6, 6.07) is 66.9. The van der Waals surface area contributed by atoms with E-state index in [-0.39, 0.29) is 0 Å². The van der Waals surface area contributed by atoms with Crippen LogP contribution in [0.25, 0.3) is 49.7 Å². The molecule has 1 aliphatic carbocycles. The van der Waals surface area contributed by atoms with Crippen molar-refractivity contribution in [2.45, 2.75) is 83.5 Å². The molecule has 0 bridgehead atoms. The summed E-state index contributed by atoms with van der Waals surface area (Å²) in [5.41, 5.74) is 18.9. The van der Waals surface area contributed by atoms with Gasteiger partial charge in [0.2, 0.25) is 0 Å². The Labute approximate surface area is 395 Å². The number of benzene rings is 8. The number of rotatable bonds is 13. The van der Waals surface area contributed by atoms with Crippen LogP contribution in [-0.4, -0.2) is 4.57 Å². The van der Waals surface area contributed by atoms with Crippen molar-refractivity contribution >= 4 is 38.9 Å². The van der Waals surface area contributed by atoms with Crippen molar-refractivity contribution in [3.63, 3.8) is 0 Å². The van der Waals surface area contributed by atoms with Gasteiger partial charge in [0.15, 0.2) is 0 Å². The van der Waals surface area contributed by atoms with Gasteiger partial charge in [0.05, 0.1) is 51.1 Å². The Morgan fingerprint density at radius 3 is 1.69 bits per heavy atom. The number of fused-ring (bicyclic) bond motifs is 12. The lowest BCUT2D eigenvalue weighted by Crippen LogP contribution is -2.36. The molecule has 2 aliphatic rings. The quantitative estimate of drug-likeness (QED) is 0.109. The molecule has 0 atom stereocenters. The van der Waals surface area contributed by atoms with E-state index in [0.29, 0.717) is 11.1 Å². The summed E-state index contributed by atoms with van der Waals surface area (Å²) in [4.78, 5) is 2.52. The van der Waals surface area contributed by atoms with Gasteiger partial charge in [0, 0.05) is 22.1 Å². The molecule has 11 rings (SSSR count). The predicted molar refractivity (Wildman–Crippen MR) is 277 cm³/mol. The fourth-order valence-electron chi connectivity index (χ4n) is 11.5. The molecular formula is C63H54N4. The highest BCUT2D eigenvalue weighted by molar-refractivity contribution is 6.10. The Morgan fingerprint density at radius 2 is 1.01 bits per heavy atom. The topological polar surface area (TPSA) is 55.8 Å². The molecule has 0 radical (unpaired) electrons. The van der Waals surface area contributed by atoms with Crippen LogP contribution in [0, 0.1) is 22.7 Å². The van der Waals surface area contributed by atoms with Gasteiger partial charge in [-0.2, -0.15) is 10.5 Å². The van der Waals surface area contributed by atoms with Crippen LogP contribution in [0.15, 0.2) is 170 Å². The third kappa shape index (κ3) is 7.03.